The van der Waals surface area contributed by atoms with E-state index in [1.807, 2.05) is 13.0 Å². The summed E-state index contributed by atoms with van der Waals surface area (Å²) in [5, 5.41) is 8.79. The van der Waals surface area contributed by atoms with Gasteiger partial charge < -0.3 is 4.90 Å². The Morgan fingerprint density at radius 2 is 2.12 bits per heavy atom. The van der Waals surface area contributed by atoms with Crippen molar-refractivity contribution in [1.29, 1.82) is 5.26 Å². The first-order valence-corrected chi connectivity index (χ1v) is 5.69. The standard InChI is InChI=1S/C12H16N4/c1-9-3-5-16(6-4-9)12-8-14-11(7-13)10(2)15-12/h8-9H,3-6H2,1-2H3. The zero-order valence-corrected chi connectivity index (χ0v) is 9.77. The van der Waals surface area contributed by atoms with Gasteiger partial charge in [-0.25, -0.2) is 9.97 Å². The molecular formula is C12H16N4. The minimum atomic E-state index is 0.425. The van der Waals surface area contributed by atoms with Crippen molar-refractivity contribution >= 4 is 5.82 Å². The molecule has 0 atom stereocenters. The first-order chi connectivity index (χ1) is 7.70. The predicted octanol–water partition coefficient (Wildman–Crippen LogP) is 1.89. The van der Waals surface area contributed by atoms with E-state index in [1.165, 1.54) is 12.8 Å². The number of nitriles is 1. The van der Waals surface area contributed by atoms with Crippen LogP contribution in [0.1, 0.15) is 31.2 Å². The van der Waals surface area contributed by atoms with Crippen molar-refractivity contribution in [2.45, 2.75) is 26.7 Å². The summed E-state index contributed by atoms with van der Waals surface area (Å²) < 4.78 is 0. The normalized spacial score (nSPS) is 17.2. The third-order valence-corrected chi connectivity index (χ3v) is 3.15. The van der Waals surface area contributed by atoms with Gasteiger partial charge in [-0.1, -0.05) is 6.92 Å². The predicted molar refractivity (Wildman–Crippen MR) is 62.1 cm³/mol. The molecule has 0 spiro atoms. The molecule has 2 rings (SSSR count). The zero-order valence-electron chi connectivity index (χ0n) is 9.77. The number of hydrogen-bond donors (Lipinski definition) is 0. The van der Waals surface area contributed by atoms with Crippen LogP contribution in [0.5, 0.6) is 0 Å². The smallest absolute Gasteiger partial charge is 0.161 e. The number of hydrogen-bond acceptors (Lipinski definition) is 4. The molecule has 0 amide bonds. The molecule has 1 saturated heterocycles. The van der Waals surface area contributed by atoms with Gasteiger partial charge in [0.1, 0.15) is 11.9 Å². The summed E-state index contributed by atoms with van der Waals surface area (Å²) in [6.07, 6.45) is 4.13. The third-order valence-electron chi connectivity index (χ3n) is 3.15. The van der Waals surface area contributed by atoms with E-state index in [1.54, 1.807) is 6.20 Å². The van der Waals surface area contributed by atoms with Crippen molar-refractivity contribution in [3.8, 4) is 6.07 Å². The minimum Gasteiger partial charge on any atom is -0.355 e. The minimum absolute atomic E-state index is 0.425. The van der Waals surface area contributed by atoms with Crippen LogP contribution in [0.25, 0.3) is 0 Å². The maximum absolute atomic E-state index is 8.79. The Morgan fingerprint density at radius 1 is 1.44 bits per heavy atom. The van der Waals surface area contributed by atoms with Crippen LogP contribution < -0.4 is 4.90 Å². The highest BCUT2D eigenvalue weighted by Gasteiger charge is 2.17. The summed E-state index contributed by atoms with van der Waals surface area (Å²) in [6, 6.07) is 2.04. The first-order valence-electron chi connectivity index (χ1n) is 5.69. The summed E-state index contributed by atoms with van der Waals surface area (Å²) in [6.45, 7) is 6.21. The molecule has 0 aliphatic carbocycles. The van der Waals surface area contributed by atoms with Crippen LogP contribution >= 0.6 is 0 Å². The lowest BCUT2D eigenvalue weighted by molar-refractivity contribution is 0.436. The van der Waals surface area contributed by atoms with Crippen molar-refractivity contribution < 1.29 is 0 Å². The second kappa shape index (κ2) is 4.48. The van der Waals surface area contributed by atoms with Crippen LogP contribution in [-0.2, 0) is 0 Å². The highest BCUT2D eigenvalue weighted by atomic mass is 15.2. The van der Waals surface area contributed by atoms with E-state index >= 15 is 0 Å². The zero-order chi connectivity index (χ0) is 11.5. The molecule has 4 nitrogen and oxygen atoms in total. The van der Waals surface area contributed by atoms with Crippen LogP contribution in [0.4, 0.5) is 5.82 Å². The molecule has 1 aliphatic rings. The molecule has 2 heterocycles. The second-order valence-corrected chi connectivity index (χ2v) is 4.44. The van der Waals surface area contributed by atoms with Gasteiger partial charge >= 0.3 is 0 Å². The lowest BCUT2D eigenvalue weighted by atomic mass is 9.99. The molecule has 16 heavy (non-hydrogen) atoms. The van der Waals surface area contributed by atoms with Crippen molar-refractivity contribution in [2.75, 3.05) is 18.0 Å². The van der Waals surface area contributed by atoms with E-state index in [0.29, 0.717) is 5.69 Å². The Morgan fingerprint density at radius 3 is 2.69 bits per heavy atom. The molecule has 1 aromatic rings. The number of piperidine rings is 1. The van der Waals surface area contributed by atoms with Gasteiger partial charge in [-0.15, -0.1) is 0 Å². The van der Waals surface area contributed by atoms with Crippen molar-refractivity contribution in [3.05, 3.63) is 17.6 Å². The summed E-state index contributed by atoms with van der Waals surface area (Å²) in [5.74, 6) is 1.71. The van der Waals surface area contributed by atoms with Crippen molar-refractivity contribution in [1.82, 2.24) is 9.97 Å². The second-order valence-electron chi connectivity index (χ2n) is 4.44. The van der Waals surface area contributed by atoms with Gasteiger partial charge in [-0.05, 0) is 25.7 Å². The molecule has 1 aromatic heterocycles. The molecule has 0 radical (unpaired) electrons. The number of aromatic nitrogens is 2. The molecular weight excluding hydrogens is 200 g/mol. The van der Waals surface area contributed by atoms with Crippen LogP contribution in [-0.4, -0.2) is 23.1 Å². The van der Waals surface area contributed by atoms with Crippen molar-refractivity contribution in [3.63, 3.8) is 0 Å². The maximum atomic E-state index is 8.79. The van der Waals surface area contributed by atoms with Gasteiger partial charge in [0.05, 0.1) is 11.9 Å². The molecule has 4 heteroatoms. The van der Waals surface area contributed by atoms with E-state index in [0.717, 1.165) is 30.5 Å². The summed E-state index contributed by atoms with van der Waals surface area (Å²) >= 11 is 0. The fourth-order valence-corrected chi connectivity index (χ4v) is 1.97. The average molecular weight is 216 g/mol. The van der Waals surface area contributed by atoms with Gasteiger partial charge in [0.15, 0.2) is 5.69 Å². The Kier molecular flexibility index (Phi) is 3.04. The number of rotatable bonds is 1. The van der Waals surface area contributed by atoms with E-state index in [4.69, 9.17) is 5.26 Å². The monoisotopic (exact) mass is 216 g/mol. The third kappa shape index (κ3) is 2.13. The van der Waals surface area contributed by atoms with Crippen LogP contribution in [0.2, 0.25) is 0 Å². The van der Waals surface area contributed by atoms with Gasteiger partial charge in [0, 0.05) is 13.1 Å². The molecule has 0 aromatic carbocycles. The SMILES string of the molecule is Cc1nc(N2CCC(C)CC2)cnc1C#N. The molecule has 84 valence electrons. The highest BCUT2D eigenvalue weighted by Crippen LogP contribution is 2.21. The summed E-state index contributed by atoms with van der Waals surface area (Å²) in [5.41, 5.74) is 1.15. The number of nitrogens with zero attached hydrogens (tertiary/aromatic N) is 4. The topological polar surface area (TPSA) is 52.8 Å². The van der Waals surface area contributed by atoms with E-state index in [9.17, 15) is 0 Å². The van der Waals surface area contributed by atoms with E-state index in [-0.39, 0.29) is 0 Å². The van der Waals surface area contributed by atoms with Gasteiger partial charge in [0.2, 0.25) is 0 Å². The Bertz CT molecular complexity index is 414. The van der Waals surface area contributed by atoms with Crippen LogP contribution in [0, 0.1) is 24.2 Å². The number of aryl methyl sites for hydroxylation is 1. The van der Waals surface area contributed by atoms with Gasteiger partial charge in [-0.2, -0.15) is 5.26 Å². The lowest BCUT2D eigenvalue weighted by Gasteiger charge is -2.31. The Labute approximate surface area is 95.9 Å². The molecule has 0 bridgehead atoms. The molecule has 0 unspecified atom stereocenters. The van der Waals surface area contributed by atoms with Crippen LogP contribution in [0.15, 0.2) is 6.20 Å². The molecule has 0 saturated carbocycles. The van der Waals surface area contributed by atoms with Crippen molar-refractivity contribution in [2.24, 2.45) is 5.92 Å². The fraction of sp³-hybridized carbons (Fsp3) is 0.583. The summed E-state index contributed by atoms with van der Waals surface area (Å²) in [4.78, 5) is 10.8. The average Bonchev–Trinajstić information content (AvgIpc) is 2.30. The quantitative estimate of drug-likeness (QED) is 0.719. The number of anilines is 1. The van der Waals surface area contributed by atoms with E-state index < -0.39 is 0 Å². The highest BCUT2D eigenvalue weighted by molar-refractivity contribution is 5.40. The first kappa shape index (κ1) is 10.9. The van der Waals surface area contributed by atoms with E-state index in [2.05, 4.69) is 21.8 Å². The fourth-order valence-electron chi connectivity index (χ4n) is 1.97. The maximum Gasteiger partial charge on any atom is 0.161 e. The largest absolute Gasteiger partial charge is 0.355 e. The molecule has 0 N–H and O–H groups in total. The Balaban J connectivity index is 2.16. The van der Waals surface area contributed by atoms with Gasteiger partial charge in [0.25, 0.3) is 0 Å². The van der Waals surface area contributed by atoms with Gasteiger partial charge in [-0.3, -0.25) is 0 Å². The lowest BCUT2D eigenvalue weighted by Crippen LogP contribution is -2.33. The molecule has 1 aliphatic heterocycles. The summed E-state index contributed by atoms with van der Waals surface area (Å²) in [7, 11) is 0. The molecule has 1 fully saturated rings. The van der Waals surface area contributed by atoms with Crippen LogP contribution in [0.3, 0.4) is 0 Å². The Hall–Kier alpha value is -1.63.